The third-order valence-corrected chi connectivity index (χ3v) is 5.06. The maximum absolute atomic E-state index is 12.4. The molecule has 0 spiro atoms. The van der Waals surface area contributed by atoms with Gasteiger partial charge in [0, 0.05) is 6.54 Å². The molecule has 146 valence electrons. The SMILES string of the molecule is CCOc1cc(/C=C2\NC(=S)N(CC)C2=O)cc(Br)c1OCc1ccccc1. The summed E-state index contributed by atoms with van der Waals surface area (Å²) in [6, 6.07) is 13.7. The first-order valence-corrected chi connectivity index (χ1v) is 10.2. The Hall–Kier alpha value is -2.38. The van der Waals surface area contributed by atoms with Crippen LogP contribution in [0.2, 0.25) is 0 Å². The Balaban J connectivity index is 1.87. The number of rotatable bonds is 7. The largest absolute Gasteiger partial charge is 0.490 e. The molecular weight excluding hydrogens is 440 g/mol. The van der Waals surface area contributed by atoms with Crippen LogP contribution in [-0.4, -0.2) is 29.1 Å². The summed E-state index contributed by atoms with van der Waals surface area (Å²) in [5, 5.41) is 3.39. The topological polar surface area (TPSA) is 50.8 Å². The van der Waals surface area contributed by atoms with E-state index >= 15 is 0 Å². The lowest BCUT2D eigenvalue weighted by atomic mass is 10.1. The number of thiocarbonyl (C=S) groups is 1. The quantitative estimate of drug-likeness (QED) is 0.486. The second kappa shape index (κ2) is 9.21. The van der Waals surface area contributed by atoms with E-state index in [-0.39, 0.29) is 5.91 Å². The van der Waals surface area contributed by atoms with Gasteiger partial charge in [0.1, 0.15) is 12.3 Å². The lowest BCUT2D eigenvalue weighted by Crippen LogP contribution is -2.30. The summed E-state index contributed by atoms with van der Waals surface area (Å²) >= 11 is 8.77. The molecule has 2 aromatic carbocycles. The molecular formula is C21H21BrN2O3S. The van der Waals surface area contributed by atoms with Crippen molar-refractivity contribution in [1.29, 1.82) is 0 Å². The molecule has 0 aromatic heterocycles. The third-order valence-electron chi connectivity index (χ3n) is 4.15. The Labute approximate surface area is 178 Å². The average molecular weight is 461 g/mol. The first kappa shape index (κ1) is 20.4. The summed E-state index contributed by atoms with van der Waals surface area (Å²) in [5.74, 6) is 1.11. The molecule has 1 aliphatic rings. The predicted molar refractivity (Wildman–Crippen MR) is 117 cm³/mol. The number of halogens is 1. The highest BCUT2D eigenvalue weighted by Gasteiger charge is 2.29. The second-order valence-electron chi connectivity index (χ2n) is 6.07. The van der Waals surface area contributed by atoms with E-state index in [0.29, 0.717) is 42.1 Å². The van der Waals surface area contributed by atoms with Gasteiger partial charge >= 0.3 is 0 Å². The maximum Gasteiger partial charge on any atom is 0.276 e. The highest BCUT2D eigenvalue weighted by molar-refractivity contribution is 9.10. The van der Waals surface area contributed by atoms with Crippen molar-refractivity contribution in [2.75, 3.05) is 13.2 Å². The first-order valence-electron chi connectivity index (χ1n) is 9.01. The van der Waals surface area contributed by atoms with E-state index in [4.69, 9.17) is 21.7 Å². The van der Waals surface area contributed by atoms with Crippen LogP contribution in [0.4, 0.5) is 0 Å². The summed E-state index contributed by atoms with van der Waals surface area (Å²) in [6.45, 7) is 5.26. The van der Waals surface area contributed by atoms with Crippen molar-refractivity contribution in [2.24, 2.45) is 0 Å². The minimum atomic E-state index is -0.133. The van der Waals surface area contributed by atoms with Gasteiger partial charge in [0.25, 0.3) is 5.91 Å². The number of nitrogens with one attached hydrogen (secondary N) is 1. The highest BCUT2D eigenvalue weighted by Crippen LogP contribution is 2.38. The smallest absolute Gasteiger partial charge is 0.276 e. The van der Waals surface area contributed by atoms with Crippen LogP contribution in [0.3, 0.4) is 0 Å². The van der Waals surface area contributed by atoms with E-state index in [2.05, 4.69) is 21.2 Å². The Morgan fingerprint density at radius 2 is 1.93 bits per heavy atom. The first-order chi connectivity index (χ1) is 13.5. The predicted octanol–water partition coefficient (Wildman–Crippen LogP) is 4.50. The van der Waals surface area contributed by atoms with E-state index in [0.717, 1.165) is 15.6 Å². The maximum atomic E-state index is 12.4. The standard InChI is InChI=1S/C21H21BrN2O3S/c1-3-24-20(25)17(23-21(24)28)11-15-10-16(22)19(18(12-15)26-4-2)27-13-14-8-6-5-7-9-14/h5-12H,3-4,13H2,1-2H3,(H,23,28)/b17-11-. The number of ether oxygens (including phenoxy) is 2. The summed E-state index contributed by atoms with van der Waals surface area (Å²) < 4.78 is 12.5. The Bertz CT molecular complexity index is 915. The van der Waals surface area contributed by atoms with Crippen molar-refractivity contribution in [2.45, 2.75) is 20.5 Å². The average Bonchev–Trinajstić information content (AvgIpc) is 2.94. The molecule has 1 aliphatic heterocycles. The number of nitrogens with zero attached hydrogens (tertiary/aromatic N) is 1. The monoisotopic (exact) mass is 460 g/mol. The fourth-order valence-corrected chi connectivity index (χ4v) is 3.73. The molecule has 5 nitrogen and oxygen atoms in total. The van der Waals surface area contributed by atoms with Crippen LogP contribution in [0.15, 0.2) is 52.6 Å². The molecule has 1 amide bonds. The van der Waals surface area contributed by atoms with Crippen molar-refractivity contribution in [3.8, 4) is 11.5 Å². The molecule has 0 aliphatic carbocycles. The fraction of sp³-hybridized carbons (Fsp3) is 0.238. The van der Waals surface area contributed by atoms with Crippen LogP contribution in [0.5, 0.6) is 11.5 Å². The lowest BCUT2D eigenvalue weighted by molar-refractivity contribution is -0.122. The molecule has 2 aromatic rings. The number of hydrogen-bond acceptors (Lipinski definition) is 4. The van der Waals surface area contributed by atoms with Gasteiger partial charge in [0.2, 0.25) is 0 Å². The molecule has 0 atom stereocenters. The lowest BCUT2D eigenvalue weighted by Gasteiger charge is -2.15. The van der Waals surface area contributed by atoms with Gasteiger partial charge in [0.05, 0.1) is 11.1 Å². The van der Waals surface area contributed by atoms with Gasteiger partial charge < -0.3 is 14.8 Å². The Kier molecular flexibility index (Phi) is 6.70. The third kappa shape index (κ3) is 4.54. The van der Waals surface area contributed by atoms with Crippen LogP contribution < -0.4 is 14.8 Å². The summed E-state index contributed by atoms with van der Waals surface area (Å²) in [5.41, 5.74) is 2.31. The van der Waals surface area contributed by atoms with Gasteiger partial charge in [-0.25, -0.2) is 0 Å². The zero-order chi connectivity index (χ0) is 20.1. The van der Waals surface area contributed by atoms with Crippen molar-refractivity contribution in [3.05, 3.63) is 63.8 Å². The van der Waals surface area contributed by atoms with Gasteiger partial charge in [-0.05, 0) is 71.3 Å². The van der Waals surface area contributed by atoms with Crippen LogP contribution in [0.25, 0.3) is 6.08 Å². The van der Waals surface area contributed by atoms with Crippen molar-refractivity contribution < 1.29 is 14.3 Å². The number of carbonyl (C=O) groups excluding carboxylic acids is 1. The number of amides is 1. The molecule has 1 saturated heterocycles. The molecule has 0 unspecified atom stereocenters. The van der Waals surface area contributed by atoms with Crippen LogP contribution >= 0.6 is 28.1 Å². The zero-order valence-electron chi connectivity index (χ0n) is 15.7. The number of likely N-dealkylation sites (N-methyl/N-ethyl adjacent to an activating group) is 1. The number of hydrogen-bond donors (Lipinski definition) is 1. The molecule has 7 heteroatoms. The molecule has 1 fully saturated rings. The molecule has 1 heterocycles. The van der Waals surface area contributed by atoms with E-state index in [1.54, 1.807) is 6.08 Å². The van der Waals surface area contributed by atoms with Gasteiger partial charge in [-0.2, -0.15) is 0 Å². The van der Waals surface area contributed by atoms with E-state index in [1.165, 1.54) is 4.90 Å². The molecule has 1 N–H and O–H groups in total. The van der Waals surface area contributed by atoms with Gasteiger partial charge in [0.15, 0.2) is 16.6 Å². The summed E-state index contributed by atoms with van der Waals surface area (Å²) in [4.78, 5) is 13.9. The molecule has 3 rings (SSSR count). The normalized spacial score (nSPS) is 15.1. The van der Waals surface area contributed by atoms with Gasteiger partial charge in [-0.1, -0.05) is 30.3 Å². The Morgan fingerprint density at radius 3 is 2.57 bits per heavy atom. The molecule has 0 bridgehead atoms. The summed E-state index contributed by atoms with van der Waals surface area (Å²) in [7, 11) is 0. The van der Waals surface area contributed by atoms with Crippen molar-refractivity contribution in [3.63, 3.8) is 0 Å². The number of carbonyl (C=O) groups is 1. The van der Waals surface area contributed by atoms with Crippen molar-refractivity contribution >= 4 is 45.2 Å². The second-order valence-corrected chi connectivity index (χ2v) is 7.32. The minimum absolute atomic E-state index is 0.133. The fourth-order valence-electron chi connectivity index (χ4n) is 2.83. The summed E-state index contributed by atoms with van der Waals surface area (Å²) in [6.07, 6.45) is 1.76. The molecule has 28 heavy (non-hydrogen) atoms. The molecule has 0 saturated carbocycles. The van der Waals surface area contributed by atoms with Crippen LogP contribution in [0.1, 0.15) is 25.0 Å². The zero-order valence-corrected chi connectivity index (χ0v) is 18.1. The van der Waals surface area contributed by atoms with Crippen LogP contribution in [0, 0.1) is 0 Å². The van der Waals surface area contributed by atoms with Crippen LogP contribution in [-0.2, 0) is 11.4 Å². The van der Waals surface area contributed by atoms with Crippen molar-refractivity contribution in [1.82, 2.24) is 10.2 Å². The minimum Gasteiger partial charge on any atom is -0.490 e. The van der Waals surface area contributed by atoms with Gasteiger partial charge in [-0.15, -0.1) is 0 Å². The van der Waals surface area contributed by atoms with E-state index < -0.39 is 0 Å². The van der Waals surface area contributed by atoms with E-state index in [9.17, 15) is 4.79 Å². The number of benzene rings is 2. The molecule has 0 radical (unpaired) electrons. The van der Waals surface area contributed by atoms with Gasteiger partial charge in [-0.3, -0.25) is 9.69 Å². The highest BCUT2D eigenvalue weighted by atomic mass is 79.9. The Morgan fingerprint density at radius 1 is 1.18 bits per heavy atom. The van der Waals surface area contributed by atoms with E-state index in [1.807, 2.05) is 56.3 Å².